The Balaban J connectivity index is 1.56. The number of Topliss-reactive ketones (excluding diaryl/α,β-unsaturated/α-hetero) is 1. The number of carbonyl (C=O) groups excluding carboxylic acids is 1. The van der Waals surface area contributed by atoms with Gasteiger partial charge in [-0.15, -0.1) is 0 Å². The van der Waals surface area contributed by atoms with Crippen molar-refractivity contribution in [2.24, 2.45) is 5.92 Å². The number of nitrogens with zero attached hydrogens (tertiary/aromatic N) is 3. The Kier molecular flexibility index (Phi) is 5.46. The highest BCUT2D eigenvalue weighted by atomic mass is 16.3. The van der Waals surface area contributed by atoms with Gasteiger partial charge in [-0.3, -0.25) is 14.8 Å². The minimum atomic E-state index is -0.0262. The summed E-state index contributed by atoms with van der Waals surface area (Å²) in [4.78, 5) is 23.7. The van der Waals surface area contributed by atoms with E-state index in [2.05, 4.69) is 28.0 Å². The number of hydrogen-bond donors (Lipinski definition) is 1. The first-order valence-electron chi connectivity index (χ1n) is 9.77. The predicted octanol–water partition coefficient (Wildman–Crippen LogP) is 3.24. The number of aliphatic hydroxyl groups excluding tert-OH is 1. The van der Waals surface area contributed by atoms with Crippen molar-refractivity contribution in [3.8, 4) is 11.1 Å². The highest BCUT2D eigenvalue weighted by Crippen LogP contribution is 2.25. The van der Waals surface area contributed by atoms with Crippen LogP contribution in [0, 0.1) is 5.92 Å². The monoisotopic (exact) mass is 375 g/mol. The molecule has 2 aromatic heterocycles. The van der Waals surface area contributed by atoms with Crippen molar-refractivity contribution in [1.29, 1.82) is 0 Å². The van der Waals surface area contributed by atoms with Crippen molar-refractivity contribution < 1.29 is 9.90 Å². The molecule has 1 fully saturated rings. The molecular weight excluding hydrogens is 350 g/mol. The fraction of sp³-hybridized carbons (Fsp3) is 0.348. The van der Waals surface area contributed by atoms with Crippen molar-refractivity contribution in [1.82, 2.24) is 14.9 Å². The molecule has 0 radical (unpaired) electrons. The van der Waals surface area contributed by atoms with E-state index in [9.17, 15) is 9.90 Å². The summed E-state index contributed by atoms with van der Waals surface area (Å²) in [5.41, 5.74) is 3.62. The summed E-state index contributed by atoms with van der Waals surface area (Å²) in [7, 11) is 2.11. The van der Waals surface area contributed by atoms with Crippen molar-refractivity contribution in [2.75, 3.05) is 20.1 Å². The predicted molar refractivity (Wildman–Crippen MR) is 110 cm³/mol. The molecule has 1 aliphatic rings. The van der Waals surface area contributed by atoms with Gasteiger partial charge in [0.15, 0.2) is 0 Å². The summed E-state index contributed by atoms with van der Waals surface area (Å²) in [5.74, 6) is 0.461. The van der Waals surface area contributed by atoms with Crippen LogP contribution < -0.4 is 0 Å². The van der Waals surface area contributed by atoms with Crippen LogP contribution in [0.5, 0.6) is 0 Å². The van der Waals surface area contributed by atoms with E-state index in [0.29, 0.717) is 12.2 Å². The van der Waals surface area contributed by atoms with Crippen LogP contribution in [-0.2, 0) is 17.8 Å². The van der Waals surface area contributed by atoms with Crippen LogP contribution in [0.15, 0.2) is 48.9 Å². The second-order valence-corrected chi connectivity index (χ2v) is 7.70. The van der Waals surface area contributed by atoms with Gasteiger partial charge >= 0.3 is 0 Å². The van der Waals surface area contributed by atoms with E-state index in [0.717, 1.165) is 59.1 Å². The van der Waals surface area contributed by atoms with Gasteiger partial charge < -0.3 is 10.0 Å². The van der Waals surface area contributed by atoms with Crippen LogP contribution in [-0.4, -0.2) is 45.9 Å². The highest BCUT2D eigenvalue weighted by molar-refractivity contribution is 5.88. The van der Waals surface area contributed by atoms with Gasteiger partial charge in [0, 0.05) is 47.6 Å². The summed E-state index contributed by atoms with van der Waals surface area (Å²) < 4.78 is 0. The largest absolute Gasteiger partial charge is 0.392 e. The smallest absolute Gasteiger partial charge is 0.142 e. The lowest BCUT2D eigenvalue weighted by Crippen LogP contribution is -2.34. The lowest BCUT2D eigenvalue weighted by atomic mass is 9.90. The van der Waals surface area contributed by atoms with E-state index >= 15 is 0 Å². The minimum absolute atomic E-state index is 0.0262. The summed E-state index contributed by atoms with van der Waals surface area (Å²) in [5, 5.41) is 11.4. The van der Waals surface area contributed by atoms with Gasteiger partial charge in [0.05, 0.1) is 6.61 Å². The van der Waals surface area contributed by atoms with E-state index in [1.165, 1.54) is 0 Å². The zero-order chi connectivity index (χ0) is 19.5. The fourth-order valence-corrected chi connectivity index (χ4v) is 3.85. The Morgan fingerprint density at radius 1 is 1.07 bits per heavy atom. The third-order valence-electron chi connectivity index (χ3n) is 5.62. The number of likely N-dealkylation sites (tertiary alicyclic amines) is 1. The SMILES string of the molecule is CN1CCC(C(=O)Cc2cc3cc(-c4cncc(CO)c4)ccc3cn2)CC1. The van der Waals surface area contributed by atoms with Gasteiger partial charge in [-0.1, -0.05) is 12.1 Å². The summed E-state index contributed by atoms with van der Waals surface area (Å²) in [6.07, 6.45) is 7.60. The van der Waals surface area contributed by atoms with E-state index < -0.39 is 0 Å². The molecule has 1 aliphatic heterocycles. The van der Waals surface area contributed by atoms with Crippen molar-refractivity contribution in [3.63, 3.8) is 0 Å². The first-order valence-corrected chi connectivity index (χ1v) is 9.77. The second kappa shape index (κ2) is 8.17. The number of hydrogen-bond acceptors (Lipinski definition) is 5. The number of ketones is 1. The zero-order valence-electron chi connectivity index (χ0n) is 16.1. The van der Waals surface area contributed by atoms with Crippen LogP contribution in [0.1, 0.15) is 24.1 Å². The number of aliphatic hydroxyl groups is 1. The maximum atomic E-state index is 12.7. The molecule has 5 heteroatoms. The molecule has 144 valence electrons. The molecule has 0 saturated carbocycles. The number of fused-ring (bicyclic) bond motifs is 1. The molecule has 1 saturated heterocycles. The number of rotatable bonds is 5. The van der Waals surface area contributed by atoms with Crippen LogP contribution >= 0.6 is 0 Å². The third-order valence-corrected chi connectivity index (χ3v) is 5.62. The van der Waals surface area contributed by atoms with Gasteiger partial charge in [0.1, 0.15) is 5.78 Å². The average molecular weight is 375 g/mol. The molecule has 3 heterocycles. The van der Waals surface area contributed by atoms with E-state index in [1.54, 1.807) is 12.4 Å². The maximum Gasteiger partial charge on any atom is 0.142 e. The molecule has 3 aromatic rings. The molecule has 1 aromatic carbocycles. The Morgan fingerprint density at radius 3 is 2.68 bits per heavy atom. The van der Waals surface area contributed by atoms with Crippen molar-refractivity contribution >= 4 is 16.6 Å². The zero-order valence-corrected chi connectivity index (χ0v) is 16.1. The van der Waals surface area contributed by atoms with Crippen LogP contribution in [0.4, 0.5) is 0 Å². The first-order chi connectivity index (χ1) is 13.6. The molecule has 5 nitrogen and oxygen atoms in total. The average Bonchev–Trinajstić information content (AvgIpc) is 2.73. The molecule has 0 bridgehead atoms. The van der Waals surface area contributed by atoms with Crippen molar-refractivity contribution in [3.05, 3.63) is 60.2 Å². The molecule has 28 heavy (non-hydrogen) atoms. The van der Waals surface area contributed by atoms with Gasteiger partial charge in [-0.25, -0.2) is 0 Å². The van der Waals surface area contributed by atoms with Gasteiger partial charge in [-0.05, 0) is 67.7 Å². The first kappa shape index (κ1) is 18.7. The molecule has 0 unspecified atom stereocenters. The normalized spacial score (nSPS) is 15.8. The number of pyridine rings is 2. The number of benzene rings is 1. The molecule has 1 N–H and O–H groups in total. The van der Waals surface area contributed by atoms with Crippen molar-refractivity contribution in [2.45, 2.75) is 25.9 Å². The quantitative estimate of drug-likeness (QED) is 0.742. The highest BCUT2D eigenvalue weighted by Gasteiger charge is 2.23. The van der Waals surface area contributed by atoms with Crippen LogP contribution in [0.2, 0.25) is 0 Å². The Hall–Kier alpha value is -2.63. The summed E-state index contributed by atoms with van der Waals surface area (Å²) >= 11 is 0. The Bertz CT molecular complexity index is 994. The molecule has 4 rings (SSSR count). The number of aromatic nitrogens is 2. The Labute approximate surface area is 165 Å². The summed E-state index contributed by atoms with van der Waals surface area (Å²) in [6, 6.07) is 10.1. The molecule has 0 spiro atoms. The maximum absolute atomic E-state index is 12.7. The summed E-state index contributed by atoms with van der Waals surface area (Å²) in [6.45, 7) is 1.96. The topological polar surface area (TPSA) is 66.3 Å². The molecule has 0 atom stereocenters. The standard InChI is InChI=1S/C23H25N3O2/c1-26-6-4-17(5-7-26)23(28)11-22-10-20-9-18(2-3-19(20)14-25-22)21-8-16(15-27)12-24-13-21/h2-3,8-10,12-14,17,27H,4-7,11,15H2,1H3. The van der Waals surface area contributed by atoms with Gasteiger partial charge in [0.25, 0.3) is 0 Å². The molecular formula is C23H25N3O2. The van der Waals surface area contributed by atoms with E-state index in [4.69, 9.17) is 0 Å². The second-order valence-electron chi connectivity index (χ2n) is 7.70. The number of piperidine rings is 1. The Morgan fingerprint density at radius 2 is 1.89 bits per heavy atom. The number of carbonyl (C=O) groups is 1. The van der Waals surface area contributed by atoms with Crippen LogP contribution in [0.3, 0.4) is 0 Å². The lowest BCUT2D eigenvalue weighted by Gasteiger charge is -2.27. The third kappa shape index (κ3) is 4.11. The minimum Gasteiger partial charge on any atom is -0.392 e. The van der Waals surface area contributed by atoms with E-state index in [1.807, 2.05) is 30.5 Å². The fourth-order valence-electron chi connectivity index (χ4n) is 3.85. The lowest BCUT2D eigenvalue weighted by molar-refractivity contribution is -0.123. The van der Waals surface area contributed by atoms with Gasteiger partial charge in [0.2, 0.25) is 0 Å². The molecule has 0 aliphatic carbocycles. The molecule has 0 amide bonds. The van der Waals surface area contributed by atoms with E-state index in [-0.39, 0.29) is 12.5 Å². The van der Waals surface area contributed by atoms with Gasteiger partial charge in [-0.2, -0.15) is 0 Å². The van der Waals surface area contributed by atoms with Crippen LogP contribution in [0.25, 0.3) is 21.9 Å².